The van der Waals surface area contributed by atoms with Gasteiger partial charge in [0.15, 0.2) is 11.5 Å². The van der Waals surface area contributed by atoms with E-state index in [1.807, 2.05) is 13.8 Å². The van der Waals surface area contributed by atoms with Crippen molar-refractivity contribution < 1.29 is 27.4 Å². The number of halogens is 3. The summed E-state index contributed by atoms with van der Waals surface area (Å²) >= 11 is 0. The van der Waals surface area contributed by atoms with E-state index in [-0.39, 0.29) is 35.9 Å². The lowest BCUT2D eigenvalue weighted by atomic mass is 10.1. The minimum absolute atomic E-state index is 0.101. The van der Waals surface area contributed by atoms with Gasteiger partial charge in [0.05, 0.1) is 13.2 Å². The molecule has 1 N–H and O–H groups in total. The highest BCUT2D eigenvalue weighted by Crippen LogP contribution is 2.29. The molecule has 0 fully saturated rings. The molecule has 1 atom stereocenters. The fraction of sp³-hybridized carbons (Fsp3) is 0.350. The van der Waals surface area contributed by atoms with E-state index in [4.69, 9.17) is 4.74 Å². The van der Waals surface area contributed by atoms with Crippen molar-refractivity contribution in [2.24, 2.45) is 0 Å². The van der Waals surface area contributed by atoms with Gasteiger partial charge in [-0.05, 0) is 49.2 Å². The molecule has 152 valence electrons. The lowest BCUT2D eigenvalue weighted by Crippen LogP contribution is -2.41. The van der Waals surface area contributed by atoms with Crippen LogP contribution in [0.5, 0.6) is 11.5 Å². The molecule has 28 heavy (non-hydrogen) atoms. The molecule has 0 saturated heterocycles. The van der Waals surface area contributed by atoms with Gasteiger partial charge in [0.25, 0.3) is 0 Å². The van der Waals surface area contributed by atoms with Crippen molar-refractivity contribution in [3.63, 3.8) is 0 Å². The lowest BCUT2D eigenvalue weighted by Gasteiger charge is -2.28. The maximum Gasteiger partial charge on any atom is 0.387 e. The van der Waals surface area contributed by atoms with E-state index >= 15 is 0 Å². The molecule has 5 nitrogen and oxygen atoms in total. The Hall–Kier alpha value is -2.90. The average Bonchev–Trinajstić information content (AvgIpc) is 2.67. The van der Waals surface area contributed by atoms with Crippen LogP contribution in [0.3, 0.4) is 0 Å². The Kier molecular flexibility index (Phi) is 7.54. The maximum atomic E-state index is 13.1. The Labute approximate surface area is 162 Å². The molecule has 0 heterocycles. The van der Waals surface area contributed by atoms with Gasteiger partial charge in [-0.15, -0.1) is 0 Å². The van der Waals surface area contributed by atoms with E-state index in [0.717, 1.165) is 5.56 Å². The third kappa shape index (κ3) is 5.55. The molecule has 0 aliphatic heterocycles. The molecular weight excluding hydrogens is 373 g/mol. The number of methoxy groups -OCH3 is 1. The monoisotopic (exact) mass is 396 g/mol. The highest BCUT2D eigenvalue weighted by Gasteiger charge is 2.20. The predicted molar refractivity (Wildman–Crippen MR) is 99.1 cm³/mol. The molecule has 1 unspecified atom stereocenters. The van der Waals surface area contributed by atoms with Crippen molar-refractivity contribution in [3.05, 3.63) is 59.4 Å². The van der Waals surface area contributed by atoms with Crippen LogP contribution in [0.4, 0.5) is 18.0 Å². The number of urea groups is 1. The van der Waals surface area contributed by atoms with E-state index in [1.54, 1.807) is 23.1 Å². The number of nitrogens with zero attached hydrogens (tertiary/aromatic N) is 1. The van der Waals surface area contributed by atoms with Crippen molar-refractivity contribution in [2.45, 2.75) is 33.0 Å². The fourth-order valence-electron chi connectivity index (χ4n) is 2.81. The smallest absolute Gasteiger partial charge is 0.387 e. The second-order valence-electron chi connectivity index (χ2n) is 6.04. The first-order valence-electron chi connectivity index (χ1n) is 8.77. The normalized spacial score (nSPS) is 11.8. The molecule has 2 aromatic rings. The first-order chi connectivity index (χ1) is 13.3. The summed E-state index contributed by atoms with van der Waals surface area (Å²) in [4.78, 5) is 14.2. The fourth-order valence-corrected chi connectivity index (χ4v) is 2.81. The highest BCUT2D eigenvalue weighted by molar-refractivity contribution is 5.74. The summed E-state index contributed by atoms with van der Waals surface area (Å²) in [5, 5.41) is 2.76. The van der Waals surface area contributed by atoms with Gasteiger partial charge < -0.3 is 19.7 Å². The molecule has 2 rings (SSSR count). The minimum Gasteiger partial charge on any atom is -0.493 e. The molecule has 0 aromatic heterocycles. The summed E-state index contributed by atoms with van der Waals surface area (Å²) in [6, 6.07) is 9.91. The largest absolute Gasteiger partial charge is 0.493 e. The van der Waals surface area contributed by atoms with Crippen molar-refractivity contribution in [2.75, 3.05) is 13.7 Å². The number of rotatable bonds is 8. The molecule has 2 aromatic carbocycles. The van der Waals surface area contributed by atoms with Crippen LogP contribution in [0.1, 0.15) is 31.0 Å². The van der Waals surface area contributed by atoms with E-state index in [2.05, 4.69) is 10.1 Å². The van der Waals surface area contributed by atoms with E-state index in [0.29, 0.717) is 12.1 Å². The van der Waals surface area contributed by atoms with Gasteiger partial charge in [-0.1, -0.05) is 18.2 Å². The Morgan fingerprint density at radius 2 is 1.82 bits per heavy atom. The quantitative estimate of drug-likeness (QED) is 0.702. The van der Waals surface area contributed by atoms with Gasteiger partial charge >= 0.3 is 12.6 Å². The zero-order valence-electron chi connectivity index (χ0n) is 15.9. The average molecular weight is 396 g/mol. The van der Waals surface area contributed by atoms with Crippen LogP contribution in [-0.2, 0) is 6.54 Å². The molecule has 2 amide bonds. The Morgan fingerprint density at radius 1 is 1.14 bits per heavy atom. The summed E-state index contributed by atoms with van der Waals surface area (Å²) in [6.07, 6.45) is 0. The van der Waals surface area contributed by atoms with Crippen LogP contribution >= 0.6 is 0 Å². The van der Waals surface area contributed by atoms with Gasteiger partial charge in [0, 0.05) is 13.1 Å². The summed E-state index contributed by atoms with van der Waals surface area (Å²) in [5.41, 5.74) is 1.38. The van der Waals surface area contributed by atoms with Crippen LogP contribution in [0.15, 0.2) is 42.5 Å². The van der Waals surface area contributed by atoms with Gasteiger partial charge in [0.2, 0.25) is 0 Å². The summed E-state index contributed by atoms with van der Waals surface area (Å²) in [6.45, 7) is 1.26. The first kappa shape index (κ1) is 21.4. The molecule has 0 radical (unpaired) electrons. The molecular formula is C20H23F3N2O3. The Bertz CT molecular complexity index is 785. The molecule has 8 heteroatoms. The van der Waals surface area contributed by atoms with E-state index < -0.39 is 6.61 Å². The zero-order valence-corrected chi connectivity index (χ0v) is 15.9. The number of carbonyl (C=O) groups is 1. The molecule has 0 aliphatic carbocycles. The lowest BCUT2D eigenvalue weighted by molar-refractivity contribution is -0.0512. The van der Waals surface area contributed by atoms with Crippen LogP contribution in [0.25, 0.3) is 0 Å². The standard InChI is InChI=1S/C20H23F3N2O3/c1-4-25(13(2)15-6-8-16(21)9-7-15)20(26)24-12-14-5-10-17(27-3)18(11-14)28-19(22)23/h5-11,13,19H,4,12H2,1-3H3,(H,24,26). The van der Waals surface area contributed by atoms with Gasteiger partial charge in [-0.3, -0.25) is 0 Å². The van der Waals surface area contributed by atoms with Gasteiger partial charge in [-0.2, -0.15) is 8.78 Å². The van der Waals surface area contributed by atoms with Crippen LogP contribution in [0.2, 0.25) is 0 Å². The van der Waals surface area contributed by atoms with E-state index in [1.165, 1.54) is 31.4 Å². The molecule has 0 spiro atoms. The highest BCUT2D eigenvalue weighted by atomic mass is 19.3. The number of nitrogens with one attached hydrogen (secondary N) is 1. The van der Waals surface area contributed by atoms with Crippen LogP contribution in [0, 0.1) is 5.82 Å². The third-order valence-electron chi connectivity index (χ3n) is 4.31. The molecule has 0 saturated carbocycles. The molecule has 0 aliphatic rings. The number of benzene rings is 2. The number of alkyl halides is 2. The summed E-state index contributed by atoms with van der Waals surface area (Å²) in [5.74, 6) is -0.267. The van der Waals surface area contributed by atoms with Crippen molar-refractivity contribution in [1.82, 2.24) is 10.2 Å². The Morgan fingerprint density at radius 3 is 2.39 bits per heavy atom. The molecule has 0 bridgehead atoms. The van der Waals surface area contributed by atoms with Gasteiger partial charge in [0.1, 0.15) is 5.82 Å². The second kappa shape index (κ2) is 9.87. The predicted octanol–water partition coefficient (Wildman–Crippen LogP) is 4.73. The SMILES string of the molecule is CCN(C(=O)NCc1ccc(OC)c(OC(F)F)c1)C(C)c1ccc(F)cc1. The third-order valence-corrected chi connectivity index (χ3v) is 4.31. The van der Waals surface area contributed by atoms with Crippen molar-refractivity contribution in [3.8, 4) is 11.5 Å². The van der Waals surface area contributed by atoms with Crippen LogP contribution in [-0.4, -0.2) is 31.2 Å². The van der Waals surface area contributed by atoms with Crippen molar-refractivity contribution >= 4 is 6.03 Å². The number of hydrogen-bond donors (Lipinski definition) is 1. The number of ether oxygens (including phenoxy) is 2. The summed E-state index contributed by atoms with van der Waals surface area (Å²) < 4.78 is 47.6. The zero-order chi connectivity index (χ0) is 20.7. The maximum absolute atomic E-state index is 13.1. The van der Waals surface area contributed by atoms with Crippen molar-refractivity contribution in [1.29, 1.82) is 0 Å². The van der Waals surface area contributed by atoms with E-state index in [9.17, 15) is 18.0 Å². The number of hydrogen-bond acceptors (Lipinski definition) is 3. The van der Waals surface area contributed by atoms with Crippen LogP contribution < -0.4 is 14.8 Å². The number of carbonyl (C=O) groups excluding carboxylic acids is 1. The van der Waals surface area contributed by atoms with Gasteiger partial charge in [-0.25, -0.2) is 9.18 Å². The first-order valence-corrected chi connectivity index (χ1v) is 8.77. The summed E-state index contributed by atoms with van der Waals surface area (Å²) in [7, 11) is 1.35. The minimum atomic E-state index is -2.98. The topological polar surface area (TPSA) is 50.8 Å². The number of amides is 2. The Balaban J connectivity index is 2.05. The second-order valence-corrected chi connectivity index (χ2v) is 6.04.